The molecule has 108 valence electrons. The first kappa shape index (κ1) is 14.5. The monoisotopic (exact) mass is 268 g/mol. The third kappa shape index (κ3) is 4.60. The van der Waals surface area contributed by atoms with E-state index >= 15 is 0 Å². The molecule has 2 aliphatic rings. The summed E-state index contributed by atoms with van der Waals surface area (Å²) in [4.78, 5) is 16.1. The van der Waals surface area contributed by atoms with Crippen LogP contribution in [0.15, 0.2) is 12.2 Å². The van der Waals surface area contributed by atoms with E-state index in [-0.39, 0.29) is 5.97 Å². The molecule has 2 fully saturated rings. The number of nitrogens with zero attached hydrogens (tertiary/aromatic N) is 2. The van der Waals surface area contributed by atoms with Crippen LogP contribution in [0.25, 0.3) is 0 Å². The van der Waals surface area contributed by atoms with Crippen molar-refractivity contribution < 1.29 is 14.3 Å². The third-order valence-corrected chi connectivity index (χ3v) is 3.71. The third-order valence-electron chi connectivity index (χ3n) is 3.71. The summed E-state index contributed by atoms with van der Waals surface area (Å²) in [6, 6.07) is 0.653. The molecule has 0 radical (unpaired) electrons. The van der Waals surface area contributed by atoms with E-state index in [9.17, 15) is 4.79 Å². The fourth-order valence-electron chi connectivity index (χ4n) is 2.71. The second kappa shape index (κ2) is 7.62. The molecule has 2 aliphatic heterocycles. The quantitative estimate of drug-likeness (QED) is 0.537. The Balaban J connectivity index is 1.68. The van der Waals surface area contributed by atoms with E-state index in [4.69, 9.17) is 9.47 Å². The van der Waals surface area contributed by atoms with Crippen molar-refractivity contribution in [1.82, 2.24) is 9.80 Å². The predicted molar refractivity (Wildman–Crippen MR) is 73.0 cm³/mol. The number of morpholine rings is 1. The van der Waals surface area contributed by atoms with E-state index in [1.165, 1.54) is 12.5 Å². The van der Waals surface area contributed by atoms with Gasteiger partial charge in [-0.15, -0.1) is 0 Å². The fourth-order valence-corrected chi connectivity index (χ4v) is 2.71. The summed E-state index contributed by atoms with van der Waals surface area (Å²) in [5, 5.41) is 0. The van der Waals surface area contributed by atoms with Crippen molar-refractivity contribution in [2.24, 2.45) is 0 Å². The lowest BCUT2D eigenvalue weighted by Gasteiger charge is -2.32. The van der Waals surface area contributed by atoms with Gasteiger partial charge in [-0.05, 0) is 13.3 Å². The van der Waals surface area contributed by atoms with Gasteiger partial charge in [-0.2, -0.15) is 0 Å². The van der Waals surface area contributed by atoms with E-state index in [0.29, 0.717) is 12.6 Å². The Hall–Kier alpha value is -0.910. The minimum Gasteiger partial charge on any atom is -0.463 e. The van der Waals surface area contributed by atoms with Gasteiger partial charge in [-0.1, -0.05) is 6.08 Å². The molecule has 1 unspecified atom stereocenters. The largest absolute Gasteiger partial charge is 0.463 e. The van der Waals surface area contributed by atoms with Crippen molar-refractivity contribution in [3.05, 3.63) is 12.2 Å². The van der Waals surface area contributed by atoms with Gasteiger partial charge < -0.3 is 9.47 Å². The SMILES string of the molecule is CCOC(=O)/C=C/CN1CCC(N2CCOCC2)C1. The first-order chi connectivity index (χ1) is 9.29. The van der Waals surface area contributed by atoms with Gasteiger partial charge in [-0.3, -0.25) is 9.80 Å². The lowest BCUT2D eigenvalue weighted by atomic mass is 10.2. The molecule has 0 saturated carbocycles. The minimum absolute atomic E-state index is 0.244. The zero-order valence-electron chi connectivity index (χ0n) is 11.7. The van der Waals surface area contributed by atoms with Crippen molar-refractivity contribution in [3.8, 4) is 0 Å². The van der Waals surface area contributed by atoms with Gasteiger partial charge >= 0.3 is 5.97 Å². The number of ether oxygens (including phenoxy) is 2. The van der Waals surface area contributed by atoms with Gasteiger partial charge in [0.2, 0.25) is 0 Å². The Morgan fingerprint density at radius 3 is 2.89 bits per heavy atom. The first-order valence-electron chi connectivity index (χ1n) is 7.17. The van der Waals surface area contributed by atoms with Gasteiger partial charge in [0.05, 0.1) is 19.8 Å². The average Bonchev–Trinajstić information content (AvgIpc) is 2.89. The molecule has 2 saturated heterocycles. The average molecular weight is 268 g/mol. The van der Waals surface area contributed by atoms with E-state index in [1.54, 1.807) is 0 Å². The molecule has 19 heavy (non-hydrogen) atoms. The Morgan fingerprint density at radius 1 is 1.37 bits per heavy atom. The smallest absolute Gasteiger partial charge is 0.330 e. The fraction of sp³-hybridized carbons (Fsp3) is 0.786. The highest BCUT2D eigenvalue weighted by atomic mass is 16.5. The second-order valence-electron chi connectivity index (χ2n) is 5.00. The molecule has 0 bridgehead atoms. The first-order valence-corrected chi connectivity index (χ1v) is 7.17. The lowest BCUT2D eigenvalue weighted by molar-refractivity contribution is -0.137. The summed E-state index contributed by atoms with van der Waals surface area (Å²) in [6.45, 7) is 9.11. The van der Waals surface area contributed by atoms with E-state index < -0.39 is 0 Å². The molecule has 5 heteroatoms. The lowest BCUT2D eigenvalue weighted by Crippen LogP contribution is -2.44. The van der Waals surface area contributed by atoms with Crippen LogP contribution in [0.5, 0.6) is 0 Å². The summed E-state index contributed by atoms with van der Waals surface area (Å²) in [5.74, 6) is -0.244. The maximum absolute atomic E-state index is 11.2. The van der Waals surface area contributed by atoms with E-state index in [2.05, 4.69) is 9.80 Å². The minimum atomic E-state index is -0.244. The number of hydrogen-bond donors (Lipinski definition) is 0. The van der Waals surface area contributed by atoms with Crippen LogP contribution >= 0.6 is 0 Å². The Labute approximate surface area is 115 Å². The Morgan fingerprint density at radius 2 is 2.16 bits per heavy atom. The molecule has 0 spiro atoms. The standard InChI is InChI=1S/C14H24N2O3/c1-2-19-14(17)4-3-6-15-7-5-13(12-15)16-8-10-18-11-9-16/h3-4,13H,2,5-12H2,1H3/b4-3+. The molecule has 0 aromatic heterocycles. The number of esters is 1. The molecule has 0 aliphatic carbocycles. The normalized spacial score (nSPS) is 26.1. The van der Waals surface area contributed by atoms with Crippen LogP contribution in [-0.2, 0) is 14.3 Å². The summed E-state index contributed by atoms with van der Waals surface area (Å²) in [7, 11) is 0. The molecular formula is C14H24N2O3. The van der Waals surface area contributed by atoms with E-state index in [0.717, 1.165) is 45.9 Å². The zero-order chi connectivity index (χ0) is 13.5. The Bertz CT molecular complexity index is 314. The summed E-state index contributed by atoms with van der Waals surface area (Å²) in [6.07, 6.45) is 4.65. The highest BCUT2D eigenvalue weighted by Crippen LogP contribution is 2.16. The summed E-state index contributed by atoms with van der Waals surface area (Å²) < 4.78 is 10.2. The van der Waals surface area contributed by atoms with Crippen molar-refractivity contribution in [2.75, 3.05) is 52.5 Å². The number of hydrogen-bond acceptors (Lipinski definition) is 5. The molecule has 2 heterocycles. The highest BCUT2D eigenvalue weighted by Gasteiger charge is 2.27. The van der Waals surface area contributed by atoms with Crippen LogP contribution in [0.2, 0.25) is 0 Å². The van der Waals surface area contributed by atoms with Gasteiger partial charge in [0, 0.05) is 44.8 Å². The van der Waals surface area contributed by atoms with Crippen LogP contribution in [0, 0.1) is 0 Å². The molecule has 0 aromatic rings. The van der Waals surface area contributed by atoms with Crippen LogP contribution in [0.4, 0.5) is 0 Å². The predicted octanol–water partition coefficient (Wildman–Crippen LogP) is 0.512. The number of carbonyl (C=O) groups excluding carboxylic acids is 1. The number of rotatable bonds is 5. The van der Waals surface area contributed by atoms with Crippen LogP contribution < -0.4 is 0 Å². The molecule has 0 aromatic carbocycles. The second-order valence-corrected chi connectivity index (χ2v) is 5.00. The van der Waals surface area contributed by atoms with Crippen molar-refractivity contribution >= 4 is 5.97 Å². The van der Waals surface area contributed by atoms with Crippen molar-refractivity contribution in [1.29, 1.82) is 0 Å². The molecular weight excluding hydrogens is 244 g/mol. The van der Waals surface area contributed by atoms with Crippen LogP contribution in [0.3, 0.4) is 0 Å². The van der Waals surface area contributed by atoms with Gasteiger partial charge in [0.15, 0.2) is 0 Å². The topological polar surface area (TPSA) is 42.0 Å². The zero-order valence-corrected chi connectivity index (χ0v) is 11.7. The van der Waals surface area contributed by atoms with Crippen LogP contribution in [0.1, 0.15) is 13.3 Å². The van der Waals surface area contributed by atoms with Gasteiger partial charge in [0.25, 0.3) is 0 Å². The molecule has 0 amide bonds. The van der Waals surface area contributed by atoms with Crippen LogP contribution in [-0.4, -0.2) is 74.4 Å². The number of likely N-dealkylation sites (tertiary alicyclic amines) is 1. The maximum Gasteiger partial charge on any atom is 0.330 e. The summed E-state index contributed by atoms with van der Waals surface area (Å²) >= 11 is 0. The van der Waals surface area contributed by atoms with Crippen molar-refractivity contribution in [2.45, 2.75) is 19.4 Å². The van der Waals surface area contributed by atoms with Crippen molar-refractivity contribution in [3.63, 3.8) is 0 Å². The molecule has 5 nitrogen and oxygen atoms in total. The van der Waals surface area contributed by atoms with Gasteiger partial charge in [-0.25, -0.2) is 4.79 Å². The molecule has 1 atom stereocenters. The summed E-state index contributed by atoms with van der Waals surface area (Å²) in [5.41, 5.74) is 0. The Kier molecular flexibility index (Phi) is 5.82. The van der Waals surface area contributed by atoms with E-state index in [1.807, 2.05) is 13.0 Å². The molecule has 2 rings (SSSR count). The highest BCUT2D eigenvalue weighted by molar-refractivity contribution is 5.81. The maximum atomic E-state index is 11.2. The van der Waals surface area contributed by atoms with Gasteiger partial charge in [0.1, 0.15) is 0 Å². The number of carbonyl (C=O) groups is 1. The molecule has 0 N–H and O–H groups in total.